The molecular weight excluding hydrogens is 128 g/mol. The zero-order chi connectivity index (χ0) is 5.70. The van der Waals surface area contributed by atoms with Gasteiger partial charge in [-0.05, 0) is 12.7 Å². The molecule has 0 aliphatic heterocycles. The smallest absolute Gasteiger partial charge is 0.0342 e. The highest BCUT2D eigenvalue weighted by atomic mass is 35.5. The second-order valence-corrected chi connectivity index (χ2v) is 2.87. The molecule has 0 nitrogen and oxygen atoms in total. The van der Waals surface area contributed by atoms with Crippen LogP contribution in [0.1, 0.15) is 13.3 Å². The van der Waals surface area contributed by atoms with E-state index in [1.807, 2.05) is 11.8 Å². The molecule has 0 saturated heterocycles. The van der Waals surface area contributed by atoms with Gasteiger partial charge < -0.3 is 0 Å². The monoisotopic (exact) mass is 138 g/mol. The molecule has 0 bridgehead atoms. The van der Waals surface area contributed by atoms with Crippen molar-refractivity contribution in [1.82, 2.24) is 0 Å². The molecule has 0 rings (SSSR count). The first kappa shape index (κ1) is 7.64. The molecule has 0 saturated carbocycles. The van der Waals surface area contributed by atoms with Gasteiger partial charge in [-0.2, -0.15) is 11.8 Å². The van der Waals surface area contributed by atoms with Crippen molar-refractivity contribution < 1.29 is 0 Å². The SMILES string of the molecule is CCC(CCl)SC. The van der Waals surface area contributed by atoms with Crippen LogP contribution in [0.2, 0.25) is 0 Å². The van der Waals surface area contributed by atoms with E-state index in [1.165, 1.54) is 6.42 Å². The Kier molecular flexibility index (Phi) is 5.23. The molecule has 0 amide bonds. The normalized spacial score (nSPS) is 14.1. The maximum atomic E-state index is 5.55. The highest BCUT2D eigenvalue weighted by molar-refractivity contribution is 7.99. The lowest BCUT2D eigenvalue weighted by atomic mass is 10.4. The zero-order valence-corrected chi connectivity index (χ0v) is 6.35. The molecule has 0 aliphatic carbocycles. The fourth-order valence-corrected chi connectivity index (χ4v) is 1.39. The summed E-state index contributed by atoms with van der Waals surface area (Å²) >= 11 is 7.38. The van der Waals surface area contributed by atoms with E-state index in [2.05, 4.69) is 13.2 Å². The molecule has 0 spiro atoms. The highest BCUT2D eigenvalue weighted by Gasteiger charge is 1.97. The van der Waals surface area contributed by atoms with E-state index in [4.69, 9.17) is 11.6 Å². The number of rotatable bonds is 3. The summed E-state index contributed by atoms with van der Waals surface area (Å²) in [7, 11) is 0. The maximum absolute atomic E-state index is 5.55. The number of alkyl halides is 1. The van der Waals surface area contributed by atoms with Gasteiger partial charge in [-0.25, -0.2) is 0 Å². The Balaban J connectivity index is 2.99. The average molecular weight is 139 g/mol. The Bertz CT molecular complexity index is 29.6. The third-order valence-corrected chi connectivity index (χ3v) is 2.68. The Morgan fingerprint density at radius 3 is 2.29 bits per heavy atom. The molecule has 0 fully saturated rings. The van der Waals surface area contributed by atoms with Crippen molar-refractivity contribution in [1.29, 1.82) is 0 Å². The van der Waals surface area contributed by atoms with E-state index in [0.717, 1.165) is 5.88 Å². The van der Waals surface area contributed by atoms with E-state index in [1.54, 1.807) is 0 Å². The lowest BCUT2D eigenvalue weighted by Crippen LogP contribution is -1.99. The van der Waals surface area contributed by atoms with Crippen molar-refractivity contribution >= 4 is 23.4 Å². The number of hydrogen-bond acceptors (Lipinski definition) is 1. The molecule has 0 aromatic rings. The van der Waals surface area contributed by atoms with Crippen LogP contribution in [-0.2, 0) is 0 Å². The van der Waals surface area contributed by atoms with E-state index in [9.17, 15) is 0 Å². The van der Waals surface area contributed by atoms with Crippen molar-refractivity contribution in [3.05, 3.63) is 0 Å². The second kappa shape index (κ2) is 4.79. The van der Waals surface area contributed by atoms with Gasteiger partial charge in [-0.1, -0.05) is 6.92 Å². The summed E-state index contributed by atoms with van der Waals surface area (Å²) in [6.45, 7) is 2.16. The second-order valence-electron chi connectivity index (χ2n) is 1.42. The van der Waals surface area contributed by atoms with Gasteiger partial charge in [-0.3, -0.25) is 0 Å². The van der Waals surface area contributed by atoms with Crippen LogP contribution < -0.4 is 0 Å². The third-order valence-electron chi connectivity index (χ3n) is 0.961. The molecule has 0 aliphatic rings. The fraction of sp³-hybridized carbons (Fsp3) is 1.00. The van der Waals surface area contributed by atoms with Gasteiger partial charge in [0.1, 0.15) is 0 Å². The average Bonchev–Trinajstić information content (AvgIpc) is 1.72. The summed E-state index contributed by atoms with van der Waals surface area (Å²) in [4.78, 5) is 0. The highest BCUT2D eigenvalue weighted by Crippen LogP contribution is 2.10. The zero-order valence-electron chi connectivity index (χ0n) is 4.78. The topological polar surface area (TPSA) is 0 Å². The Hall–Kier alpha value is 0.640. The Morgan fingerprint density at radius 2 is 2.29 bits per heavy atom. The number of halogens is 1. The molecule has 1 atom stereocenters. The minimum atomic E-state index is 0.668. The predicted octanol–water partition coefficient (Wildman–Crippen LogP) is 2.37. The first-order chi connectivity index (χ1) is 3.35. The largest absolute Gasteiger partial charge is 0.161 e. The number of thioether (sulfide) groups is 1. The van der Waals surface area contributed by atoms with Crippen molar-refractivity contribution in [2.75, 3.05) is 12.1 Å². The van der Waals surface area contributed by atoms with Gasteiger partial charge in [0.2, 0.25) is 0 Å². The summed E-state index contributed by atoms with van der Waals surface area (Å²) in [6.07, 6.45) is 3.28. The summed E-state index contributed by atoms with van der Waals surface area (Å²) in [5.41, 5.74) is 0. The molecule has 7 heavy (non-hydrogen) atoms. The van der Waals surface area contributed by atoms with Crippen molar-refractivity contribution in [3.8, 4) is 0 Å². The van der Waals surface area contributed by atoms with Gasteiger partial charge >= 0.3 is 0 Å². The van der Waals surface area contributed by atoms with Gasteiger partial charge in [0.05, 0.1) is 0 Å². The molecule has 0 N–H and O–H groups in total. The van der Waals surface area contributed by atoms with Crippen LogP contribution in [0.15, 0.2) is 0 Å². The van der Waals surface area contributed by atoms with Gasteiger partial charge in [-0.15, -0.1) is 11.6 Å². The van der Waals surface area contributed by atoms with Crippen LogP contribution in [0.25, 0.3) is 0 Å². The summed E-state index contributed by atoms with van der Waals surface area (Å²) < 4.78 is 0. The van der Waals surface area contributed by atoms with Crippen LogP contribution in [0.4, 0.5) is 0 Å². The van der Waals surface area contributed by atoms with Crippen LogP contribution in [0.5, 0.6) is 0 Å². The molecule has 0 heterocycles. The molecule has 1 unspecified atom stereocenters. The standard InChI is InChI=1S/C5H11ClS/c1-3-5(4-6)7-2/h5H,3-4H2,1-2H3. The van der Waals surface area contributed by atoms with Crippen LogP contribution in [0, 0.1) is 0 Å². The molecule has 0 aromatic carbocycles. The van der Waals surface area contributed by atoms with E-state index in [0.29, 0.717) is 5.25 Å². The van der Waals surface area contributed by atoms with E-state index >= 15 is 0 Å². The van der Waals surface area contributed by atoms with Crippen LogP contribution in [-0.4, -0.2) is 17.4 Å². The molecule has 44 valence electrons. The maximum Gasteiger partial charge on any atom is 0.0342 e. The van der Waals surface area contributed by atoms with Crippen molar-refractivity contribution in [2.24, 2.45) is 0 Å². The quantitative estimate of drug-likeness (QED) is 0.540. The Labute approximate surface area is 54.6 Å². The third kappa shape index (κ3) is 3.24. The van der Waals surface area contributed by atoms with E-state index in [-0.39, 0.29) is 0 Å². The van der Waals surface area contributed by atoms with Gasteiger partial charge in [0, 0.05) is 11.1 Å². The van der Waals surface area contributed by atoms with E-state index < -0.39 is 0 Å². The summed E-state index contributed by atoms with van der Waals surface area (Å²) in [5, 5.41) is 0.668. The minimum absolute atomic E-state index is 0.668. The predicted molar refractivity (Wildman–Crippen MR) is 38.3 cm³/mol. The molecular formula is C5H11ClS. The number of hydrogen-bond donors (Lipinski definition) is 0. The molecule has 0 radical (unpaired) electrons. The first-order valence-electron chi connectivity index (χ1n) is 2.43. The lowest BCUT2D eigenvalue weighted by molar-refractivity contribution is 0.915. The molecule has 0 aromatic heterocycles. The van der Waals surface area contributed by atoms with Crippen LogP contribution in [0.3, 0.4) is 0 Å². The van der Waals surface area contributed by atoms with Gasteiger partial charge in [0.15, 0.2) is 0 Å². The van der Waals surface area contributed by atoms with Crippen molar-refractivity contribution in [2.45, 2.75) is 18.6 Å². The molecule has 2 heteroatoms. The lowest BCUT2D eigenvalue weighted by Gasteiger charge is -2.03. The fourth-order valence-electron chi connectivity index (χ4n) is 0.339. The first-order valence-corrected chi connectivity index (χ1v) is 4.26. The van der Waals surface area contributed by atoms with Crippen molar-refractivity contribution in [3.63, 3.8) is 0 Å². The summed E-state index contributed by atoms with van der Waals surface area (Å²) in [6, 6.07) is 0. The van der Waals surface area contributed by atoms with Gasteiger partial charge in [0.25, 0.3) is 0 Å². The Morgan fingerprint density at radius 1 is 1.71 bits per heavy atom. The summed E-state index contributed by atoms with van der Waals surface area (Å²) in [5.74, 6) is 0.789. The minimum Gasteiger partial charge on any atom is -0.161 e. The van der Waals surface area contributed by atoms with Crippen LogP contribution >= 0.6 is 23.4 Å².